The van der Waals surface area contributed by atoms with Crippen LogP contribution in [0.25, 0.3) is 0 Å². The van der Waals surface area contributed by atoms with Gasteiger partial charge in [-0.3, -0.25) is 0 Å². The van der Waals surface area contributed by atoms with Crippen molar-refractivity contribution in [2.75, 3.05) is 18.1 Å². The Labute approximate surface area is 69.5 Å². The summed E-state index contributed by atoms with van der Waals surface area (Å²) in [5, 5.41) is 6.94. The van der Waals surface area contributed by atoms with E-state index in [9.17, 15) is 0 Å². The van der Waals surface area contributed by atoms with Crippen LogP contribution in [0.2, 0.25) is 0 Å². The number of nitrogens with zero attached hydrogens (tertiary/aromatic N) is 1. The lowest BCUT2D eigenvalue weighted by atomic mass is 10.2. The third-order valence-corrected chi connectivity index (χ3v) is 2.80. The van der Waals surface area contributed by atoms with Crippen LogP contribution in [0.5, 0.6) is 0 Å². The minimum atomic E-state index is 0.917. The lowest BCUT2D eigenvalue weighted by Crippen LogP contribution is -2.01. The number of anilines is 1. The molecule has 0 saturated carbocycles. The topological polar surface area (TPSA) is 38.1 Å². The van der Waals surface area contributed by atoms with E-state index in [-0.39, 0.29) is 0 Å². The summed E-state index contributed by atoms with van der Waals surface area (Å²) < 4.78 is 5.14. The molecular weight excluding hydrogens is 160 g/mol. The molecule has 1 aliphatic heterocycles. The van der Waals surface area contributed by atoms with Crippen molar-refractivity contribution in [3.8, 4) is 0 Å². The Morgan fingerprint density at radius 2 is 2.55 bits per heavy atom. The summed E-state index contributed by atoms with van der Waals surface area (Å²) in [7, 11) is 1.87. The van der Waals surface area contributed by atoms with E-state index >= 15 is 0 Å². The average molecular weight is 170 g/mol. The highest BCUT2D eigenvalue weighted by Crippen LogP contribution is 2.29. The molecule has 3 nitrogen and oxygen atoms in total. The Morgan fingerprint density at radius 1 is 1.64 bits per heavy atom. The highest BCUT2D eigenvalue weighted by Gasteiger charge is 2.18. The molecular formula is C7H10N2OS. The van der Waals surface area contributed by atoms with Crippen LogP contribution < -0.4 is 5.32 Å². The van der Waals surface area contributed by atoms with Gasteiger partial charge in [0.2, 0.25) is 0 Å². The minimum absolute atomic E-state index is 0.917. The van der Waals surface area contributed by atoms with Crippen LogP contribution >= 0.6 is 11.8 Å². The van der Waals surface area contributed by atoms with Crippen LogP contribution in [0.15, 0.2) is 4.52 Å². The highest BCUT2D eigenvalue weighted by atomic mass is 32.2. The molecule has 4 heteroatoms. The number of thioether (sulfide) groups is 1. The summed E-state index contributed by atoms with van der Waals surface area (Å²) >= 11 is 1.90. The zero-order valence-electron chi connectivity index (χ0n) is 6.39. The predicted octanol–water partition coefficient (Wildman–Crippen LogP) is 1.51. The van der Waals surface area contributed by atoms with Gasteiger partial charge in [0.1, 0.15) is 0 Å². The molecule has 0 amide bonds. The van der Waals surface area contributed by atoms with E-state index in [1.165, 1.54) is 11.3 Å². The smallest absolute Gasteiger partial charge is 0.172 e. The van der Waals surface area contributed by atoms with Crippen molar-refractivity contribution in [3.63, 3.8) is 0 Å². The molecule has 0 aromatic carbocycles. The standard InChI is InChI=1S/C7H10N2OS/c1-8-7-5-2-3-11-4-6(5)10-9-7/h2-4H2,1H3,(H,8,9). The Balaban J connectivity index is 2.38. The molecule has 11 heavy (non-hydrogen) atoms. The van der Waals surface area contributed by atoms with Crippen molar-refractivity contribution in [3.05, 3.63) is 11.3 Å². The number of hydrogen-bond acceptors (Lipinski definition) is 4. The molecule has 0 aliphatic carbocycles. The molecule has 0 atom stereocenters. The van der Waals surface area contributed by atoms with Gasteiger partial charge >= 0.3 is 0 Å². The summed E-state index contributed by atoms with van der Waals surface area (Å²) in [6, 6.07) is 0. The lowest BCUT2D eigenvalue weighted by Gasteiger charge is -2.07. The van der Waals surface area contributed by atoms with Crippen LogP contribution in [-0.2, 0) is 12.2 Å². The Bertz CT molecular complexity index is 245. The van der Waals surface area contributed by atoms with E-state index in [1.807, 2.05) is 18.8 Å². The molecule has 2 heterocycles. The maximum atomic E-state index is 5.14. The molecule has 1 aromatic rings. The largest absolute Gasteiger partial charge is 0.370 e. The maximum absolute atomic E-state index is 5.14. The van der Waals surface area contributed by atoms with Crippen molar-refractivity contribution in [1.29, 1.82) is 0 Å². The second kappa shape index (κ2) is 2.77. The van der Waals surface area contributed by atoms with Crippen LogP contribution in [0.4, 0.5) is 5.82 Å². The molecule has 0 unspecified atom stereocenters. The van der Waals surface area contributed by atoms with Crippen molar-refractivity contribution in [2.24, 2.45) is 0 Å². The van der Waals surface area contributed by atoms with Gasteiger partial charge in [0.25, 0.3) is 0 Å². The summed E-state index contributed by atoms with van der Waals surface area (Å²) in [5.41, 5.74) is 1.27. The van der Waals surface area contributed by atoms with Gasteiger partial charge in [0, 0.05) is 12.6 Å². The van der Waals surface area contributed by atoms with Gasteiger partial charge in [0.05, 0.1) is 5.75 Å². The molecule has 0 saturated heterocycles. The zero-order chi connectivity index (χ0) is 7.68. The summed E-state index contributed by atoms with van der Waals surface area (Å²) in [6.45, 7) is 0. The quantitative estimate of drug-likeness (QED) is 0.693. The van der Waals surface area contributed by atoms with Crippen LogP contribution in [0.1, 0.15) is 11.3 Å². The first kappa shape index (κ1) is 7.03. The van der Waals surface area contributed by atoms with Crippen molar-refractivity contribution < 1.29 is 4.52 Å². The highest BCUT2D eigenvalue weighted by molar-refractivity contribution is 7.98. The van der Waals surface area contributed by atoms with Gasteiger partial charge in [0.15, 0.2) is 11.6 Å². The summed E-state index contributed by atoms with van der Waals surface area (Å²) in [4.78, 5) is 0. The fraction of sp³-hybridized carbons (Fsp3) is 0.571. The van der Waals surface area contributed by atoms with Gasteiger partial charge in [-0.2, -0.15) is 11.8 Å². The number of nitrogens with one attached hydrogen (secondary N) is 1. The number of hydrogen-bond donors (Lipinski definition) is 1. The Morgan fingerprint density at radius 3 is 3.36 bits per heavy atom. The van der Waals surface area contributed by atoms with Crippen molar-refractivity contribution in [2.45, 2.75) is 12.2 Å². The van der Waals surface area contributed by atoms with E-state index in [2.05, 4.69) is 10.5 Å². The van der Waals surface area contributed by atoms with E-state index in [4.69, 9.17) is 4.52 Å². The fourth-order valence-corrected chi connectivity index (χ4v) is 2.16. The maximum Gasteiger partial charge on any atom is 0.172 e. The van der Waals surface area contributed by atoms with E-state index in [0.717, 1.165) is 23.8 Å². The average Bonchev–Trinajstić information content (AvgIpc) is 2.47. The minimum Gasteiger partial charge on any atom is -0.370 e. The normalized spacial score (nSPS) is 16.1. The predicted molar refractivity (Wildman–Crippen MR) is 45.9 cm³/mol. The summed E-state index contributed by atoms with van der Waals surface area (Å²) in [6.07, 6.45) is 1.08. The second-order valence-corrected chi connectivity index (χ2v) is 3.59. The number of rotatable bonds is 1. The first-order valence-corrected chi connectivity index (χ1v) is 4.80. The monoisotopic (exact) mass is 170 g/mol. The number of fused-ring (bicyclic) bond motifs is 1. The third kappa shape index (κ3) is 1.11. The molecule has 0 fully saturated rings. The molecule has 1 N–H and O–H groups in total. The fourth-order valence-electron chi connectivity index (χ4n) is 1.25. The lowest BCUT2D eigenvalue weighted by molar-refractivity contribution is 0.395. The first-order valence-electron chi connectivity index (χ1n) is 3.64. The van der Waals surface area contributed by atoms with Gasteiger partial charge in [-0.25, -0.2) is 0 Å². The van der Waals surface area contributed by atoms with E-state index < -0.39 is 0 Å². The summed E-state index contributed by atoms with van der Waals surface area (Å²) in [5.74, 6) is 4.12. The van der Waals surface area contributed by atoms with Gasteiger partial charge in [-0.05, 0) is 12.2 Å². The van der Waals surface area contributed by atoms with Gasteiger partial charge in [-0.1, -0.05) is 5.16 Å². The van der Waals surface area contributed by atoms with Gasteiger partial charge in [-0.15, -0.1) is 0 Å². The molecule has 1 aliphatic rings. The molecule has 0 spiro atoms. The molecule has 2 rings (SSSR count). The molecule has 0 bridgehead atoms. The molecule has 60 valence electrons. The Hall–Kier alpha value is -0.640. The number of aromatic nitrogens is 1. The Kier molecular flexibility index (Phi) is 1.77. The van der Waals surface area contributed by atoms with E-state index in [1.54, 1.807) is 0 Å². The van der Waals surface area contributed by atoms with E-state index in [0.29, 0.717) is 0 Å². The van der Waals surface area contributed by atoms with Crippen LogP contribution in [0, 0.1) is 0 Å². The van der Waals surface area contributed by atoms with Crippen molar-refractivity contribution >= 4 is 17.6 Å². The van der Waals surface area contributed by atoms with Crippen LogP contribution in [0.3, 0.4) is 0 Å². The van der Waals surface area contributed by atoms with Crippen molar-refractivity contribution in [1.82, 2.24) is 5.16 Å². The second-order valence-electron chi connectivity index (χ2n) is 2.49. The van der Waals surface area contributed by atoms with Gasteiger partial charge < -0.3 is 9.84 Å². The molecule has 0 radical (unpaired) electrons. The van der Waals surface area contributed by atoms with Crippen LogP contribution in [-0.4, -0.2) is 18.0 Å². The SMILES string of the molecule is CNc1noc2c1CCSC2. The third-order valence-electron chi connectivity index (χ3n) is 1.84. The molecule has 1 aromatic heterocycles. The zero-order valence-corrected chi connectivity index (χ0v) is 7.20. The first-order chi connectivity index (χ1) is 5.42.